The van der Waals surface area contributed by atoms with E-state index in [1.54, 1.807) is 0 Å². The molecule has 0 bridgehead atoms. The van der Waals surface area contributed by atoms with Crippen molar-refractivity contribution >= 4 is 54.6 Å². The molecule has 0 aliphatic carbocycles. The molecule has 0 rings (SSSR count). The summed E-state index contributed by atoms with van der Waals surface area (Å²) in [6, 6.07) is 0. The molecule has 4 heteroatoms. The van der Waals surface area contributed by atoms with Gasteiger partial charge in [-0.1, -0.05) is 0 Å². The van der Waals surface area contributed by atoms with Crippen LogP contribution in [0.3, 0.4) is 0 Å². The standard InChI is InChI=1S/Mn.2Pb.Ti. The summed E-state index contributed by atoms with van der Waals surface area (Å²) >= 11 is 0. The summed E-state index contributed by atoms with van der Waals surface area (Å²) in [6.45, 7) is 0. The molecule has 0 saturated carbocycles. The van der Waals surface area contributed by atoms with Crippen LogP contribution in [0.15, 0.2) is 0 Å². The van der Waals surface area contributed by atoms with Gasteiger partial charge in [-0.25, -0.2) is 0 Å². The van der Waals surface area contributed by atoms with Crippen molar-refractivity contribution in [2.75, 3.05) is 0 Å². The first-order valence-electron chi connectivity index (χ1n) is 0. The fraction of sp³-hybridized carbons (Fsp3) is 0. The zero-order chi connectivity index (χ0) is 0. The maximum Gasteiger partial charge on any atom is 0 e. The molecule has 0 saturated heterocycles. The van der Waals surface area contributed by atoms with Crippen LogP contribution in [0.2, 0.25) is 0 Å². The fourth-order valence-electron chi connectivity index (χ4n) is 0. The van der Waals surface area contributed by atoms with E-state index < -0.39 is 0 Å². The van der Waals surface area contributed by atoms with E-state index in [0.717, 1.165) is 0 Å². The van der Waals surface area contributed by atoms with E-state index in [9.17, 15) is 0 Å². The normalized spacial score (nSPS) is 0. The van der Waals surface area contributed by atoms with Crippen LogP contribution in [0.4, 0.5) is 0 Å². The summed E-state index contributed by atoms with van der Waals surface area (Å²) in [6.07, 6.45) is 0. The Labute approximate surface area is 91.5 Å². The van der Waals surface area contributed by atoms with E-state index in [-0.39, 0.29) is 93.4 Å². The summed E-state index contributed by atoms with van der Waals surface area (Å²) < 4.78 is 0. The van der Waals surface area contributed by atoms with Crippen molar-refractivity contribution in [1.82, 2.24) is 0 Å². The molecule has 0 nitrogen and oxygen atoms in total. The van der Waals surface area contributed by atoms with Crippen molar-refractivity contribution < 1.29 is 38.8 Å². The minimum atomic E-state index is 0. The molecule has 0 aliphatic heterocycles. The van der Waals surface area contributed by atoms with Crippen molar-refractivity contribution in [2.24, 2.45) is 0 Å². The van der Waals surface area contributed by atoms with Crippen molar-refractivity contribution in [1.29, 1.82) is 0 Å². The van der Waals surface area contributed by atoms with Crippen LogP contribution in [-0.4, -0.2) is 54.6 Å². The summed E-state index contributed by atoms with van der Waals surface area (Å²) in [4.78, 5) is 0. The van der Waals surface area contributed by atoms with Gasteiger partial charge < -0.3 is 0 Å². The van der Waals surface area contributed by atoms with Gasteiger partial charge in [0.15, 0.2) is 0 Å². The third-order valence-corrected chi connectivity index (χ3v) is 0. The van der Waals surface area contributed by atoms with Gasteiger partial charge in [-0.2, -0.15) is 0 Å². The second-order valence-corrected chi connectivity index (χ2v) is 0. The van der Waals surface area contributed by atoms with Gasteiger partial charge >= 0.3 is 0 Å². The monoisotopic (exact) mass is 519 g/mol. The molecule has 0 aromatic heterocycles. The summed E-state index contributed by atoms with van der Waals surface area (Å²) in [5, 5.41) is 0. The van der Waals surface area contributed by atoms with E-state index in [4.69, 9.17) is 0 Å². The van der Waals surface area contributed by atoms with Crippen molar-refractivity contribution in [3.63, 3.8) is 0 Å². The Balaban J connectivity index is 0. The van der Waals surface area contributed by atoms with Gasteiger partial charge in [0.25, 0.3) is 0 Å². The largest absolute Gasteiger partial charge is 0 e. The Morgan fingerprint density at radius 1 is 0.750 bits per heavy atom. The van der Waals surface area contributed by atoms with Gasteiger partial charge in [-0.3, -0.25) is 0 Å². The van der Waals surface area contributed by atoms with Crippen molar-refractivity contribution in [3.8, 4) is 0 Å². The quantitative estimate of drug-likeness (QED) is 0.371. The van der Waals surface area contributed by atoms with Crippen molar-refractivity contribution in [3.05, 3.63) is 0 Å². The van der Waals surface area contributed by atoms with Crippen molar-refractivity contribution in [2.45, 2.75) is 0 Å². The molecule has 19 valence electrons. The number of hydrogen-bond donors (Lipinski definition) is 0. The Bertz CT molecular complexity index is 6.00. The van der Waals surface area contributed by atoms with Crippen LogP contribution in [0, 0.1) is 0 Å². The van der Waals surface area contributed by atoms with Gasteiger partial charge in [0, 0.05) is 93.4 Å². The maximum absolute atomic E-state index is 0. The molecule has 0 N–H and O–H groups in total. The minimum absolute atomic E-state index is 0. The summed E-state index contributed by atoms with van der Waals surface area (Å²) in [5.41, 5.74) is 0. The molecule has 0 aromatic carbocycles. The number of rotatable bonds is 0. The smallest absolute Gasteiger partial charge is 0 e. The molecule has 0 aromatic rings. The average Bonchev–Trinajstić information content (AvgIpc) is 0. The second-order valence-electron chi connectivity index (χ2n) is 0. The molecule has 0 fully saturated rings. The molecule has 0 atom stereocenters. The summed E-state index contributed by atoms with van der Waals surface area (Å²) in [7, 11) is 0. The molecule has 4 heavy (non-hydrogen) atoms. The number of hydrogen-bond acceptors (Lipinski definition) is 0. The van der Waals surface area contributed by atoms with Gasteiger partial charge in [-0.15, -0.1) is 0 Å². The van der Waals surface area contributed by atoms with Gasteiger partial charge in [0.2, 0.25) is 0 Å². The van der Waals surface area contributed by atoms with Gasteiger partial charge in [0.05, 0.1) is 0 Å². The fourth-order valence-corrected chi connectivity index (χ4v) is 0. The Morgan fingerprint density at radius 2 is 0.750 bits per heavy atom. The SMILES string of the molecule is [Mn].[Pb].[Pb].[Ti]. The molecule has 9 radical (unpaired) electrons. The third-order valence-electron chi connectivity index (χ3n) is 0. The minimum Gasteiger partial charge on any atom is 0 e. The van der Waals surface area contributed by atoms with Crippen LogP contribution >= 0.6 is 0 Å². The second kappa shape index (κ2) is 16.5. The third kappa shape index (κ3) is 8.91. The molecular formula is MnPb2Ti. The van der Waals surface area contributed by atoms with E-state index in [0.29, 0.717) is 0 Å². The van der Waals surface area contributed by atoms with Gasteiger partial charge in [0.1, 0.15) is 0 Å². The maximum atomic E-state index is 0. The molecule has 0 amide bonds. The van der Waals surface area contributed by atoms with E-state index in [1.165, 1.54) is 0 Å². The van der Waals surface area contributed by atoms with E-state index in [1.807, 2.05) is 0 Å². The topological polar surface area (TPSA) is 0 Å². The Morgan fingerprint density at radius 3 is 0.750 bits per heavy atom. The Hall–Kier alpha value is 3.08. The van der Waals surface area contributed by atoms with Crippen LogP contribution < -0.4 is 0 Å². The molecule has 0 heterocycles. The Kier molecular flexibility index (Phi) is 114. The van der Waals surface area contributed by atoms with Crippen LogP contribution in [-0.2, 0) is 38.8 Å². The van der Waals surface area contributed by atoms with E-state index in [2.05, 4.69) is 0 Å². The predicted molar refractivity (Wildman–Crippen MR) is 11.5 cm³/mol. The first-order chi connectivity index (χ1) is 0. The molecule has 0 unspecified atom stereocenters. The summed E-state index contributed by atoms with van der Waals surface area (Å²) in [5.74, 6) is 0. The molecule has 0 spiro atoms. The average molecular weight is 517 g/mol. The molecule has 0 aliphatic rings. The van der Waals surface area contributed by atoms with Crippen LogP contribution in [0.1, 0.15) is 0 Å². The van der Waals surface area contributed by atoms with E-state index >= 15 is 0 Å². The van der Waals surface area contributed by atoms with Gasteiger partial charge in [-0.05, 0) is 0 Å². The first-order valence-corrected chi connectivity index (χ1v) is 0. The zero-order valence-corrected chi connectivity index (χ0v) is 12.4. The molecular weight excluding hydrogens is 517 g/mol. The van der Waals surface area contributed by atoms with Crippen LogP contribution in [0.5, 0.6) is 0 Å². The first kappa shape index (κ1) is 27.6. The van der Waals surface area contributed by atoms with Crippen LogP contribution in [0.25, 0.3) is 0 Å². The predicted octanol–water partition coefficient (Wildman–Crippen LogP) is -0.767. The zero-order valence-electron chi connectivity index (χ0n) is 1.88.